The van der Waals surface area contributed by atoms with Gasteiger partial charge in [0, 0.05) is 6.54 Å². The van der Waals surface area contributed by atoms with Crippen LogP contribution in [0.3, 0.4) is 0 Å². The molecule has 0 amide bonds. The molecule has 0 bridgehead atoms. The molecule has 0 spiro atoms. The summed E-state index contributed by atoms with van der Waals surface area (Å²) in [7, 11) is 0. The number of aromatic nitrogens is 3. The zero-order chi connectivity index (χ0) is 11.5. The van der Waals surface area contributed by atoms with Crippen LogP contribution >= 0.6 is 0 Å². The van der Waals surface area contributed by atoms with E-state index in [2.05, 4.69) is 28.8 Å². The molecule has 2 N–H and O–H groups in total. The predicted molar refractivity (Wildman–Crippen MR) is 64.0 cm³/mol. The summed E-state index contributed by atoms with van der Waals surface area (Å²) >= 11 is 0. The molecule has 0 radical (unpaired) electrons. The van der Waals surface area contributed by atoms with Gasteiger partial charge in [0.05, 0.1) is 17.4 Å². The minimum atomic E-state index is 0.489. The Morgan fingerprint density at radius 3 is 2.75 bits per heavy atom. The SMILES string of the molecule is CCCc1c(CN)nnn1C(C)C1CCC1. The van der Waals surface area contributed by atoms with Crippen LogP contribution in [0.4, 0.5) is 0 Å². The molecular formula is C12H22N4. The van der Waals surface area contributed by atoms with Gasteiger partial charge in [0.1, 0.15) is 0 Å². The van der Waals surface area contributed by atoms with Gasteiger partial charge < -0.3 is 5.73 Å². The zero-order valence-corrected chi connectivity index (χ0v) is 10.3. The summed E-state index contributed by atoms with van der Waals surface area (Å²) in [5.74, 6) is 0.794. The first-order valence-corrected chi connectivity index (χ1v) is 6.41. The van der Waals surface area contributed by atoms with E-state index < -0.39 is 0 Å². The zero-order valence-electron chi connectivity index (χ0n) is 10.3. The highest BCUT2D eigenvalue weighted by Gasteiger charge is 2.27. The van der Waals surface area contributed by atoms with E-state index in [1.165, 1.54) is 25.0 Å². The molecule has 1 unspecified atom stereocenters. The largest absolute Gasteiger partial charge is 0.325 e. The molecule has 0 aliphatic heterocycles. The quantitative estimate of drug-likeness (QED) is 0.829. The number of rotatable bonds is 5. The lowest BCUT2D eigenvalue weighted by Crippen LogP contribution is -2.25. The molecule has 1 aromatic rings. The molecule has 4 nitrogen and oxygen atoms in total. The Kier molecular flexibility index (Phi) is 3.59. The van der Waals surface area contributed by atoms with Gasteiger partial charge in [-0.15, -0.1) is 5.10 Å². The lowest BCUT2D eigenvalue weighted by molar-refractivity contribution is 0.205. The van der Waals surface area contributed by atoms with Crippen molar-refractivity contribution in [1.82, 2.24) is 15.0 Å². The van der Waals surface area contributed by atoms with Crippen LogP contribution in [0.5, 0.6) is 0 Å². The van der Waals surface area contributed by atoms with Gasteiger partial charge in [-0.1, -0.05) is 25.0 Å². The maximum atomic E-state index is 5.70. The Morgan fingerprint density at radius 1 is 1.50 bits per heavy atom. The highest BCUT2D eigenvalue weighted by Crippen LogP contribution is 2.36. The van der Waals surface area contributed by atoms with Crippen molar-refractivity contribution >= 4 is 0 Å². The van der Waals surface area contributed by atoms with E-state index in [-0.39, 0.29) is 0 Å². The number of nitrogens with zero attached hydrogens (tertiary/aromatic N) is 3. The fourth-order valence-electron chi connectivity index (χ4n) is 2.45. The number of hydrogen-bond acceptors (Lipinski definition) is 3. The standard InChI is InChI=1S/C12H22N4/c1-3-5-12-11(8-13)14-15-16(12)9(2)10-6-4-7-10/h9-10H,3-8,13H2,1-2H3. The van der Waals surface area contributed by atoms with Crippen LogP contribution in [0.2, 0.25) is 0 Å². The van der Waals surface area contributed by atoms with Crippen molar-refractivity contribution in [3.63, 3.8) is 0 Å². The summed E-state index contributed by atoms with van der Waals surface area (Å²) in [4.78, 5) is 0. The smallest absolute Gasteiger partial charge is 0.0994 e. The molecule has 90 valence electrons. The number of hydrogen-bond donors (Lipinski definition) is 1. The highest BCUT2D eigenvalue weighted by atomic mass is 15.4. The van der Waals surface area contributed by atoms with E-state index in [9.17, 15) is 0 Å². The van der Waals surface area contributed by atoms with Gasteiger partial charge in [0.2, 0.25) is 0 Å². The second kappa shape index (κ2) is 4.95. The molecule has 4 heteroatoms. The van der Waals surface area contributed by atoms with Crippen LogP contribution < -0.4 is 5.73 Å². The van der Waals surface area contributed by atoms with Crippen molar-refractivity contribution in [2.45, 2.75) is 58.5 Å². The Balaban J connectivity index is 2.20. The van der Waals surface area contributed by atoms with Crippen molar-refractivity contribution in [3.8, 4) is 0 Å². The summed E-state index contributed by atoms with van der Waals surface area (Å²) in [5.41, 5.74) is 7.93. The molecule has 1 heterocycles. The summed E-state index contributed by atoms with van der Waals surface area (Å²) in [6.07, 6.45) is 6.21. The Morgan fingerprint density at radius 2 is 2.25 bits per heavy atom. The first kappa shape index (κ1) is 11.6. The van der Waals surface area contributed by atoms with Gasteiger partial charge in [-0.3, -0.25) is 0 Å². The van der Waals surface area contributed by atoms with E-state index in [1.54, 1.807) is 0 Å². The second-order valence-electron chi connectivity index (χ2n) is 4.81. The van der Waals surface area contributed by atoms with Gasteiger partial charge >= 0.3 is 0 Å². The molecule has 1 aromatic heterocycles. The first-order valence-electron chi connectivity index (χ1n) is 6.41. The third kappa shape index (κ3) is 1.98. The summed E-state index contributed by atoms with van der Waals surface area (Å²) in [6, 6.07) is 0.489. The van der Waals surface area contributed by atoms with Crippen LogP contribution in [0, 0.1) is 5.92 Å². The normalized spacial score (nSPS) is 18.4. The lowest BCUT2D eigenvalue weighted by atomic mass is 9.80. The molecule has 1 atom stereocenters. The molecular weight excluding hydrogens is 200 g/mol. The first-order chi connectivity index (χ1) is 7.77. The van der Waals surface area contributed by atoms with Crippen molar-refractivity contribution < 1.29 is 0 Å². The van der Waals surface area contributed by atoms with Crippen LogP contribution in [-0.2, 0) is 13.0 Å². The predicted octanol–water partition coefficient (Wildman–Crippen LogP) is 2.05. The summed E-state index contributed by atoms with van der Waals surface area (Å²) < 4.78 is 2.12. The van der Waals surface area contributed by atoms with Gasteiger partial charge in [0.15, 0.2) is 0 Å². The van der Waals surface area contributed by atoms with Crippen LogP contribution in [0.1, 0.15) is 57.0 Å². The lowest BCUT2D eigenvalue weighted by Gasteiger charge is -2.32. The molecule has 1 saturated carbocycles. The Labute approximate surface area is 97.2 Å². The molecule has 16 heavy (non-hydrogen) atoms. The van der Waals surface area contributed by atoms with Crippen molar-refractivity contribution in [3.05, 3.63) is 11.4 Å². The Bertz CT molecular complexity index is 341. The van der Waals surface area contributed by atoms with Gasteiger partial charge in [-0.25, -0.2) is 4.68 Å². The fraction of sp³-hybridized carbons (Fsp3) is 0.833. The van der Waals surface area contributed by atoms with Gasteiger partial charge in [-0.2, -0.15) is 0 Å². The topological polar surface area (TPSA) is 56.7 Å². The average Bonchev–Trinajstić information content (AvgIpc) is 2.59. The average molecular weight is 222 g/mol. The molecule has 0 saturated heterocycles. The third-order valence-electron chi connectivity index (χ3n) is 3.77. The second-order valence-corrected chi connectivity index (χ2v) is 4.81. The Hall–Kier alpha value is -0.900. The highest BCUT2D eigenvalue weighted by molar-refractivity contribution is 5.11. The van der Waals surface area contributed by atoms with E-state index in [4.69, 9.17) is 5.73 Å². The van der Waals surface area contributed by atoms with E-state index >= 15 is 0 Å². The van der Waals surface area contributed by atoms with Gasteiger partial charge in [-0.05, 0) is 32.1 Å². The molecule has 1 aliphatic rings. The van der Waals surface area contributed by atoms with Crippen molar-refractivity contribution in [2.24, 2.45) is 11.7 Å². The van der Waals surface area contributed by atoms with Crippen LogP contribution in [0.25, 0.3) is 0 Å². The monoisotopic (exact) mass is 222 g/mol. The van der Waals surface area contributed by atoms with Crippen molar-refractivity contribution in [2.75, 3.05) is 0 Å². The van der Waals surface area contributed by atoms with Crippen LogP contribution in [-0.4, -0.2) is 15.0 Å². The minimum absolute atomic E-state index is 0.489. The summed E-state index contributed by atoms with van der Waals surface area (Å²) in [6.45, 7) is 4.95. The van der Waals surface area contributed by atoms with Crippen molar-refractivity contribution in [1.29, 1.82) is 0 Å². The third-order valence-corrected chi connectivity index (χ3v) is 3.77. The molecule has 1 fully saturated rings. The number of nitrogens with two attached hydrogens (primary N) is 1. The van der Waals surface area contributed by atoms with Gasteiger partial charge in [0.25, 0.3) is 0 Å². The maximum absolute atomic E-state index is 5.70. The minimum Gasteiger partial charge on any atom is -0.325 e. The fourth-order valence-corrected chi connectivity index (χ4v) is 2.45. The molecule has 0 aromatic carbocycles. The summed E-state index contributed by atoms with van der Waals surface area (Å²) in [5, 5.41) is 8.50. The van der Waals surface area contributed by atoms with E-state index in [1.807, 2.05) is 0 Å². The van der Waals surface area contributed by atoms with E-state index in [0.717, 1.165) is 24.5 Å². The van der Waals surface area contributed by atoms with Crippen LogP contribution in [0.15, 0.2) is 0 Å². The molecule has 2 rings (SSSR count). The maximum Gasteiger partial charge on any atom is 0.0994 e. The molecule has 1 aliphatic carbocycles. The van der Waals surface area contributed by atoms with E-state index in [0.29, 0.717) is 12.6 Å².